The van der Waals surface area contributed by atoms with Crippen LogP contribution in [0.15, 0.2) is 34.8 Å². The van der Waals surface area contributed by atoms with E-state index in [9.17, 15) is 0 Å². The lowest BCUT2D eigenvalue weighted by Crippen LogP contribution is -2.09. The van der Waals surface area contributed by atoms with Crippen LogP contribution in [0.1, 0.15) is 13.8 Å². The van der Waals surface area contributed by atoms with Crippen molar-refractivity contribution < 1.29 is 4.74 Å². The average Bonchev–Trinajstić information content (AvgIpc) is 2.91. The fourth-order valence-electron chi connectivity index (χ4n) is 1.73. The van der Waals surface area contributed by atoms with Crippen LogP contribution in [-0.2, 0) is 0 Å². The Balaban J connectivity index is 1.93. The third kappa shape index (κ3) is 2.89. The van der Waals surface area contributed by atoms with Gasteiger partial charge < -0.3 is 15.5 Å². The minimum absolute atomic E-state index is 0.0124. The maximum absolute atomic E-state index is 5.87. The molecule has 0 aliphatic rings. The predicted molar refractivity (Wildman–Crippen MR) is 80.2 cm³/mol. The van der Waals surface area contributed by atoms with Crippen molar-refractivity contribution in [1.82, 2.24) is 24.9 Å². The highest BCUT2D eigenvalue weighted by Crippen LogP contribution is 2.31. The summed E-state index contributed by atoms with van der Waals surface area (Å²) < 4.78 is 5.59. The molecule has 21 heavy (non-hydrogen) atoms. The summed E-state index contributed by atoms with van der Waals surface area (Å²) in [5.74, 6) is 0.435. The van der Waals surface area contributed by atoms with E-state index in [2.05, 4.69) is 24.9 Å². The molecule has 0 unspecified atom stereocenters. The molecule has 0 spiro atoms. The SMILES string of the molecule is CC(C)Oc1nc(Sc2ncnc3nc[nH]c23)ccc1N. The van der Waals surface area contributed by atoms with E-state index in [-0.39, 0.29) is 6.10 Å². The van der Waals surface area contributed by atoms with Crippen LogP contribution in [0.25, 0.3) is 11.2 Å². The van der Waals surface area contributed by atoms with Crippen LogP contribution in [0, 0.1) is 0 Å². The van der Waals surface area contributed by atoms with Crippen molar-refractivity contribution in [1.29, 1.82) is 0 Å². The molecule has 0 bridgehead atoms. The number of aromatic nitrogens is 5. The topological polar surface area (TPSA) is 103 Å². The quantitative estimate of drug-likeness (QED) is 0.712. The number of anilines is 1. The number of hydrogen-bond acceptors (Lipinski definition) is 7. The van der Waals surface area contributed by atoms with Gasteiger partial charge in [0.25, 0.3) is 0 Å². The zero-order valence-corrected chi connectivity index (χ0v) is 12.4. The fraction of sp³-hybridized carbons (Fsp3) is 0.231. The highest BCUT2D eigenvalue weighted by molar-refractivity contribution is 7.99. The van der Waals surface area contributed by atoms with Crippen LogP contribution in [-0.4, -0.2) is 31.0 Å². The van der Waals surface area contributed by atoms with Gasteiger partial charge in [0.2, 0.25) is 5.88 Å². The van der Waals surface area contributed by atoms with E-state index in [1.54, 1.807) is 12.4 Å². The number of nitrogens with one attached hydrogen (secondary N) is 1. The van der Waals surface area contributed by atoms with Crippen LogP contribution in [0.4, 0.5) is 5.69 Å². The molecular formula is C13H14N6OS. The van der Waals surface area contributed by atoms with Gasteiger partial charge in [0, 0.05) is 0 Å². The Labute approximate surface area is 125 Å². The standard InChI is InChI=1S/C13H14N6OS/c1-7(2)20-12-8(14)3-4-9(19-12)21-13-10-11(16-5-15-10)17-6-18-13/h3-7H,14H2,1-2H3,(H,15,16,17,18). The maximum atomic E-state index is 5.87. The molecule has 0 fully saturated rings. The summed E-state index contributed by atoms with van der Waals surface area (Å²) in [7, 11) is 0. The summed E-state index contributed by atoms with van der Waals surface area (Å²) in [5.41, 5.74) is 7.79. The smallest absolute Gasteiger partial charge is 0.238 e. The molecule has 0 atom stereocenters. The van der Waals surface area contributed by atoms with E-state index in [0.717, 1.165) is 15.6 Å². The summed E-state index contributed by atoms with van der Waals surface area (Å²) in [6.45, 7) is 3.86. The highest BCUT2D eigenvalue weighted by Gasteiger charge is 2.11. The van der Waals surface area contributed by atoms with Crippen LogP contribution >= 0.6 is 11.8 Å². The molecule has 3 rings (SSSR count). The van der Waals surface area contributed by atoms with Gasteiger partial charge in [-0.2, -0.15) is 0 Å². The highest BCUT2D eigenvalue weighted by atomic mass is 32.2. The molecule has 3 aromatic heterocycles. The number of aromatic amines is 1. The molecule has 8 heteroatoms. The molecule has 0 aromatic carbocycles. The first kappa shape index (κ1) is 13.6. The van der Waals surface area contributed by atoms with Crippen molar-refractivity contribution in [3.63, 3.8) is 0 Å². The molecule has 0 aliphatic carbocycles. The largest absolute Gasteiger partial charge is 0.473 e. The zero-order chi connectivity index (χ0) is 14.8. The molecule has 0 saturated heterocycles. The lowest BCUT2D eigenvalue weighted by atomic mass is 10.4. The Morgan fingerprint density at radius 2 is 2.10 bits per heavy atom. The van der Waals surface area contributed by atoms with Crippen LogP contribution in [0.3, 0.4) is 0 Å². The third-order valence-electron chi connectivity index (χ3n) is 2.60. The van der Waals surface area contributed by atoms with Gasteiger partial charge in [-0.05, 0) is 37.7 Å². The number of imidazole rings is 1. The molecule has 0 radical (unpaired) electrons. The molecule has 7 nitrogen and oxygen atoms in total. The first-order valence-corrected chi connectivity index (χ1v) is 7.20. The Bertz CT molecular complexity index is 772. The van der Waals surface area contributed by atoms with Gasteiger partial charge in [0.1, 0.15) is 21.9 Å². The van der Waals surface area contributed by atoms with Crippen molar-refractivity contribution in [3.05, 3.63) is 24.8 Å². The monoisotopic (exact) mass is 302 g/mol. The number of H-pyrrole nitrogens is 1. The lowest BCUT2D eigenvalue weighted by Gasteiger charge is -2.11. The first-order chi connectivity index (χ1) is 10.1. The number of fused-ring (bicyclic) bond motifs is 1. The summed E-state index contributed by atoms with van der Waals surface area (Å²) in [6, 6.07) is 3.61. The second-order valence-electron chi connectivity index (χ2n) is 4.59. The number of hydrogen-bond donors (Lipinski definition) is 2. The summed E-state index contributed by atoms with van der Waals surface area (Å²) in [4.78, 5) is 19.9. The average molecular weight is 302 g/mol. The Kier molecular flexibility index (Phi) is 3.61. The van der Waals surface area contributed by atoms with Crippen LogP contribution < -0.4 is 10.5 Å². The van der Waals surface area contributed by atoms with E-state index in [4.69, 9.17) is 10.5 Å². The molecule has 3 heterocycles. The summed E-state index contributed by atoms with van der Waals surface area (Å²) >= 11 is 1.40. The van der Waals surface area contributed by atoms with Gasteiger partial charge in [-0.15, -0.1) is 0 Å². The van der Waals surface area contributed by atoms with Crippen LogP contribution in [0.2, 0.25) is 0 Å². The van der Waals surface area contributed by atoms with Gasteiger partial charge in [-0.1, -0.05) is 0 Å². The molecule has 3 aromatic rings. The van der Waals surface area contributed by atoms with E-state index >= 15 is 0 Å². The number of nitrogens with zero attached hydrogens (tertiary/aromatic N) is 4. The van der Waals surface area contributed by atoms with Crippen molar-refractivity contribution in [3.8, 4) is 5.88 Å². The van der Waals surface area contributed by atoms with E-state index in [0.29, 0.717) is 17.2 Å². The molecule has 0 amide bonds. The van der Waals surface area contributed by atoms with Crippen molar-refractivity contribution in [2.75, 3.05) is 5.73 Å². The van der Waals surface area contributed by atoms with E-state index in [1.807, 2.05) is 19.9 Å². The second-order valence-corrected chi connectivity index (χ2v) is 5.60. The van der Waals surface area contributed by atoms with Gasteiger partial charge >= 0.3 is 0 Å². The predicted octanol–water partition coefficient (Wildman–Crippen LogP) is 2.27. The van der Waals surface area contributed by atoms with Crippen molar-refractivity contribution >= 4 is 28.6 Å². The van der Waals surface area contributed by atoms with Gasteiger partial charge in [0.05, 0.1) is 18.1 Å². The molecule has 0 saturated carbocycles. The Morgan fingerprint density at radius 1 is 1.24 bits per heavy atom. The number of pyridine rings is 1. The van der Waals surface area contributed by atoms with Crippen LogP contribution in [0.5, 0.6) is 5.88 Å². The second kappa shape index (κ2) is 5.57. The number of nitrogen functional groups attached to an aromatic ring is 1. The minimum Gasteiger partial charge on any atom is -0.473 e. The minimum atomic E-state index is 0.0124. The summed E-state index contributed by atoms with van der Waals surface area (Å²) in [6.07, 6.45) is 3.08. The number of ether oxygens (including phenoxy) is 1. The number of rotatable bonds is 4. The Hall–Kier alpha value is -2.35. The van der Waals surface area contributed by atoms with Gasteiger partial charge in [0.15, 0.2) is 5.65 Å². The summed E-state index contributed by atoms with van der Waals surface area (Å²) in [5, 5.41) is 1.50. The molecule has 3 N–H and O–H groups in total. The van der Waals surface area contributed by atoms with Gasteiger partial charge in [-0.25, -0.2) is 19.9 Å². The zero-order valence-electron chi connectivity index (χ0n) is 11.6. The maximum Gasteiger partial charge on any atom is 0.238 e. The van der Waals surface area contributed by atoms with Crippen molar-refractivity contribution in [2.45, 2.75) is 30.0 Å². The lowest BCUT2D eigenvalue weighted by molar-refractivity contribution is 0.232. The van der Waals surface area contributed by atoms with E-state index in [1.165, 1.54) is 18.1 Å². The van der Waals surface area contributed by atoms with Crippen molar-refractivity contribution in [2.24, 2.45) is 0 Å². The third-order valence-corrected chi connectivity index (χ3v) is 3.54. The molecule has 108 valence electrons. The molecular weight excluding hydrogens is 288 g/mol. The van der Waals surface area contributed by atoms with Gasteiger partial charge in [-0.3, -0.25) is 0 Å². The van der Waals surface area contributed by atoms with E-state index < -0.39 is 0 Å². The Morgan fingerprint density at radius 3 is 2.90 bits per heavy atom. The molecule has 0 aliphatic heterocycles. The first-order valence-electron chi connectivity index (χ1n) is 6.38. The normalized spacial score (nSPS) is 11.2. The number of nitrogens with two attached hydrogens (primary N) is 1. The fourth-order valence-corrected chi connectivity index (χ4v) is 2.54.